The van der Waals surface area contributed by atoms with Crippen LogP contribution in [0.2, 0.25) is 10.0 Å². The second-order valence-corrected chi connectivity index (χ2v) is 6.26. The molecule has 26 heavy (non-hydrogen) atoms. The summed E-state index contributed by atoms with van der Waals surface area (Å²) in [7, 11) is 1.57. The van der Waals surface area contributed by atoms with Crippen LogP contribution in [0.4, 0.5) is 27.5 Å². The van der Waals surface area contributed by atoms with Crippen LogP contribution in [0.3, 0.4) is 0 Å². The smallest absolute Gasteiger partial charge is 0.229 e. The quantitative estimate of drug-likeness (QED) is 0.580. The molecule has 2 aromatic carbocycles. The van der Waals surface area contributed by atoms with Crippen molar-refractivity contribution in [3.05, 3.63) is 64.0 Å². The summed E-state index contributed by atoms with van der Waals surface area (Å²) in [5, 5.41) is 6.79. The van der Waals surface area contributed by atoms with Crippen molar-refractivity contribution in [3.63, 3.8) is 0 Å². The van der Waals surface area contributed by atoms with Gasteiger partial charge in [-0.2, -0.15) is 4.98 Å². The normalized spacial score (nSPS) is 10.5. The van der Waals surface area contributed by atoms with Gasteiger partial charge in [0.05, 0.1) is 17.8 Å². The van der Waals surface area contributed by atoms with Crippen molar-refractivity contribution in [2.24, 2.45) is 0 Å². The Morgan fingerprint density at radius 2 is 1.85 bits per heavy atom. The molecule has 3 rings (SSSR count). The van der Waals surface area contributed by atoms with Crippen molar-refractivity contribution in [3.8, 4) is 5.75 Å². The fourth-order valence-corrected chi connectivity index (χ4v) is 2.59. The first kappa shape index (κ1) is 18.2. The van der Waals surface area contributed by atoms with Crippen molar-refractivity contribution in [1.82, 2.24) is 9.97 Å². The molecule has 8 heteroatoms. The zero-order chi connectivity index (χ0) is 18.7. The molecule has 0 fully saturated rings. The summed E-state index contributed by atoms with van der Waals surface area (Å²) in [4.78, 5) is 8.54. The lowest BCUT2D eigenvalue weighted by atomic mass is 10.2. The van der Waals surface area contributed by atoms with Crippen LogP contribution in [0, 0.1) is 12.7 Å². The SMILES string of the molecule is COc1cc(Cl)c(C)cc1Nc1ccnc(Nc2ccc(F)c(Cl)c2)n1. The number of methoxy groups -OCH3 is 1. The van der Waals surface area contributed by atoms with Gasteiger partial charge in [0.15, 0.2) is 0 Å². The third-order valence-electron chi connectivity index (χ3n) is 3.57. The first-order valence-corrected chi connectivity index (χ1v) is 8.38. The molecule has 0 unspecified atom stereocenters. The lowest BCUT2D eigenvalue weighted by molar-refractivity contribution is 0.416. The first-order valence-electron chi connectivity index (χ1n) is 7.62. The van der Waals surface area contributed by atoms with Crippen molar-refractivity contribution < 1.29 is 9.13 Å². The maximum Gasteiger partial charge on any atom is 0.229 e. The molecule has 0 aliphatic heterocycles. The molecule has 0 aliphatic carbocycles. The molecular formula is C18H15Cl2FN4O. The minimum Gasteiger partial charge on any atom is -0.495 e. The Balaban J connectivity index is 1.83. The Kier molecular flexibility index (Phi) is 5.44. The topological polar surface area (TPSA) is 59.1 Å². The van der Waals surface area contributed by atoms with Gasteiger partial charge >= 0.3 is 0 Å². The van der Waals surface area contributed by atoms with Gasteiger partial charge in [0.25, 0.3) is 0 Å². The fourth-order valence-electron chi connectivity index (χ4n) is 2.26. The molecule has 0 atom stereocenters. The van der Waals surface area contributed by atoms with Crippen LogP contribution in [0.25, 0.3) is 0 Å². The molecule has 0 saturated heterocycles. The minimum absolute atomic E-state index is 0.0191. The number of ether oxygens (including phenoxy) is 1. The third kappa shape index (κ3) is 4.15. The molecule has 3 aromatic rings. The average molecular weight is 393 g/mol. The van der Waals surface area contributed by atoms with E-state index in [9.17, 15) is 4.39 Å². The molecule has 5 nitrogen and oxygen atoms in total. The van der Waals surface area contributed by atoms with E-state index in [0.717, 1.165) is 11.3 Å². The molecular weight excluding hydrogens is 378 g/mol. The van der Waals surface area contributed by atoms with Crippen LogP contribution >= 0.6 is 23.2 Å². The Morgan fingerprint density at radius 1 is 1.04 bits per heavy atom. The number of hydrogen-bond donors (Lipinski definition) is 2. The Morgan fingerprint density at radius 3 is 2.58 bits per heavy atom. The van der Waals surface area contributed by atoms with Crippen molar-refractivity contribution in [2.75, 3.05) is 17.7 Å². The molecule has 2 N–H and O–H groups in total. The van der Waals surface area contributed by atoms with Gasteiger partial charge in [0.2, 0.25) is 5.95 Å². The summed E-state index contributed by atoms with van der Waals surface area (Å²) in [5.41, 5.74) is 2.21. The van der Waals surface area contributed by atoms with E-state index in [-0.39, 0.29) is 5.02 Å². The molecule has 0 radical (unpaired) electrons. The van der Waals surface area contributed by atoms with E-state index in [0.29, 0.717) is 28.2 Å². The number of aromatic nitrogens is 2. The predicted molar refractivity (Wildman–Crippen MR) is 103 cm³/mol. The highest BCUT2D eigenvalue weighted by Crippen LogP contribution is 2.32. The number of nitrogens with one attached hydrogen (secondary N) is 2. The predicted octanol–water partition coefficient (Wildman–Crippen LogP) is 5.73. The van der Waals surface area contributed by atoms with E-state index in [1.165, 1.54) is 12.1 Å². The van der Waals surface area contributed by atoms with Crippen molar-refractivity contribution in [2.45, 2.75) is 6.92 Å². The van der Waals surface area contributed by atoms with E-state index in [1.807, 2.05) is 13.0 Å². The van der Waals surface area contributed by atoms with E-state index < -0.39 is 5.82 Å². The van der Waals surface area contributed by atoms with Gasteiger partial charge in [-0.25, -0.2) is 9.37 Å². The molecule has 1 heterocycles. The molecule has 0 spiro atoms. The van der Waals surface area contributed by atoms with Crippen LogP contribution in [-0.4, -0.2) is 17.1 Å². The second kappa shape index (κ2) is 7.76. The average Bonchev–Trinajstić information content (AvgIpc) is 2.61. The van der Waals surface area contributed by atoms with Gasteiger partial charge in [-0.3, -0.25) is 0 Å². The summed E-state index contributed by atoms with van der Waals surface area (Å²) in [6.07, 6.45) is 1.60. The lowest BCUT2D eigenvalue weighted by Gasteiger charge is -2.13. The van der Waals surface area contributed by atoms with Crippen molar-refractivity contribution >= 4 is 46.3 Å². The molecule has 0 bridgehead atoms. The standard InChI is InChI=1S/C18H15Cl2FN4O/c1-10-7-15(16(26-2)9-12(10)19)24-17-5-6-22-18(25-17)23-11-3-4-14(21)13(20)8-11/h3-9H,1-2H3,(H2,22,23,24,25). The monoisotopic (exact) mass is 392 g/mol. The summed E-state index contributed by atoms with van der Waals surface area (Å²) in [5.74, 6) is 0.996. The molecule has 134 valence electrons. The fraction of sp³-hybridized carbons (Fsp3) is 0.111. The molecule has 0 aliphatic rings. The maximum atomic E-state index is 13.3. The highest BCUT2D eigenvalue weighted by molar-refractivity contribution is 6.31. The zero-order valence-corrected chi connectivity index (χ0v) is 15.5. The van der Waals surface area contributed by atoms with Crippen LogP contribution in [0.5, 0.6) is 5.75 Å². The number of hydrogen-bond acceptors (Lipinski definition) is 5. The van der Waals surface area contributed by atoms with Crippen LogP contribution in [-0.2, 0) is 0 Å². The van der Waals surface area contributed by atoms with E-state index in [4.69, 9.17) is 27.9 Å². The lowest BCUT2D eigenvalue weighted by Crippen LogP contribution is -2.02. The first-order chi connectivity index (χ1) is 12.5. The Labute approximate surface area is 160 Å². The Bertz CT molecular complexity index is 952. The van der Waals surface area contributed by atoms with Gasteiger partial charge in [0, 0.05) is 23.0 Å². The Hall–Kier alpha value is -2.57. The van der Waals surface area contributed by atoms with Gasteiger partial charge in [-0.1, -0.05) is 23.2 Å². The van der Waals surface area contributed by atoms with E-state index in [2.05, 4.69) is 20.6 Å². The van der Waals surface area contributed by atoms with Gasteiger partial charge in [-0.05, 0) is 42.8 Å². The van der Waals surface area contributed by atoms with Crippen molar-refractivity contribution in [1.29, 1.82) is 0 Å². The number of aryl methyl sites for hydroxylation is 1. The van der Waals surface area contributed by atoms with E-state index >= 15 is 0 Å². The second-order valence-electron chi connectivity index (χ2n) is 5.45. The third-order valence-corrected chi connectivity index (χ3v) is 4.27. The van der Waals surface area contributed by atoms with Crippen LogP contribution in [0.1, 0.15) is 5.56 Å². The van der Waals surface area contributed by atoms with Gasteiger partial charge in [-0.15, -0.1) is 0 Å². The summed E-state index contributed by atoms with van der Waals surface area (Å²) < 4.78 is 18.6. The zero-order valence-electron chi connectivity index (χ0n) is 14.0. The molecule has 1 aromatic heterocycles. The highest BCUT2D eigenvalue weighted by Gasteiger charge is 2.09. The summed E-state index contributed by atoms with van der Waals surface area (Å²) in [6.45, 7) is 1.90. The number of halogens is 3. The maximum absolute atomic E-state index is 13.3. The van der Waals surface area contributed by atoms with Gasteiger partial charge in [0.1, 0.15) is 17.4 Å². The number of nitrogens with zero attached hydrogens (tertiary/aromatic N) is 2. The van der Waals surface area contributed by atoms with Crippen LogP contribution in [0.15, 0.2) is 42.6 Å². The molecule has 0 amide bonds. The summed E-state index contributed by atoms with van der Waals surface area (Å²) in [6, 6.07) is 9.61. The van der Waals surface area contributed by atoms with Crippen LogP contribution < -0.4 is 15.4 Å². The highest BCUT2D eigenvalue weighted by atomic mass is 35.5. The number of benzene rings is 2. The number of rotatable bonds is 5. The molecule has 0 saturated carbocycles. The van der Waals surface area contributed by atoms with Gasteiger partial charge < -0.3 is 15.4 Å². The minimum atomic E-state index is -0.487. The number of anilines is 4. The largest absolute Gasteiger partial charge is 0.495 e. The van der Waals surface area contributed by atoms with E-state index in [1.54, 1.807) is 31.5 Å². The summed E-state index contributed by atoms with van der Waals surface area (Å²) >= 11 is 11.9.